The molecule has 0 saturated heterocycles. The summed E-state index contributed by atoms with van der Waals surface area (Å²) in [6.07, 6.45) is 0.0410. The molecule has 4 nitrogen and oxygen atoms in total. The average Bonchev–Trinajstić information content (AvgIpc) is 2.44. The molecule has 0 aliphatic heterocycles. The molecule has 4 heteroatoms. The molecule has 0 fully saturated rings. The van der Waals surface area contributed by atoms with Crippen molar-refractivity contribution in [1.82, 2.24) is 5.32 Å². The number of aliphatic hydroxyl groups is 1. The molecule has 0 radical (unpaired) electrons. The molecule has 2 aromatic carbocycles. The lowest BCUT2D eigenvalue weighted by atomic mass is 9.94. The summed E-state index contributed by atoms with van der Waals surface area (Å²) >= 11 is 0. The summed E-state index contributed by atoms with van der Waals surface area (Å²) in [5, 5.41) is 32.5. The Kier molecular flexibility index (Phi) is 5.06. The van der Waals surface area contributed by atoms with Crippen molar-refractivity contribution in [2.24, 2.45) is 0 Å². The lowest BCUT2D eigenvalue weighted by molar-refractivity contribution is 0.160. The highest BCUT2D eigenvalue weighted by Crippen LogP contribution is 2.25. The first kappa shape index (κ1) is 16.3. The topological polar surface area (TPSA) is 72.7 Å². The van der Waals surface area contributed by atoms with Gasteiger partial charge in [-0.3, -0.25) is 0 Å². The number of aromatic hydroxyl groups is 2. The smallest absolute Gasteiger partial charge is 0.119 e. The third-order valence-electron chi connectivity index (χ3n) is 3.57. The number of hydrogen-bond acceptors (Lipinski definition) is 4. The zero-order chi connectivity index (χ0) is 16.2. The molecule has 0 amide bonds. The van der Waals surface area contributed by atoms with Crippen LogP contribution in [-0.2, 0) is 6.42 Å². The van der Waals surface area contributed by atoms with Gasteiger partial charge in [0.05, 0.1) is 6.10 Å². The minimum atomic E-state index is -0.798. The quantitative estimate of drug-likeness (QED) is 0.662. The minimum absolute atomic E-state index is 0.0578. The van der Waals surface area contributed by atoms with Crippen LogP contribution in [0.4, 0.5) is 0 Å². The second-order valence-corrected chi connectivity index (χ2v) is 6.23. The SMILES string of the molecule is CC(C)(Cc1ccccc1)NCC(O)c1cc(O)cc(O)c1. The van der Waals surface area contributed by atoms with Gasteiger partial charge in [0.1, 0.15) is 11.5 Å². The van der Waals surface area contributed by atoms with E-state index < -0.39 is 6.10 Å². The van der Waals surface area contributed by atoms with Gasteiger partial charge < -0.3 is 20.6 Å². The molecule has 4 N–H and O–H groups in total. The van der Waals surface area contributed by atoms with Crippen LogP contribution in [0.1, 0.15) is 31.1 Å². The lowest BCUT2D eigenvalue weighted by Crippen LogP contribution is -2.43. The van der Waals surface area contributed by atoms with E-state index in [4.69, 9.17) is 0 Å². The van der Waals surface area contributed by atoms with Crippen molar-refractivity contribution in [3.05, 3.63) is 59.7 Å². The van der Waals surface area contributed by atoms with Crippen LogP contribution in [0.25, 0.3) is 0 Å². The van der Waals surface area contributed by atoms with E-state index in [1.165, 1.54) is 23.8 Å². The average molecular weight is 301 g/mol. The fraction of sp³-hybridized carbons (Fsp3) is 0.333. The van der Waals surface area contributed by atoms with Crippen LogP contribution in [0.15, 0.2) is 48.5 Å². The molecule has 0 bridgehead atoms. The number of rotatable bonds is 6. The Bertz CT molecular complexity index is 591. The Labute approximate surface area is 131 Å². The van der Waals surface area contributed by atoms with Crippen LogP contribution in [0, 0.1) is 0 Å². The summed E-state index contributed by atoms with van der Waals surface area (Å²) in [6.45, 7) is 4.49. The Hall–Kier alpha value is -2.04. The van der Waals surface area contributed by atoms with Crippen LogP contribution in [-0.4, -0.2) is 27.4 Å². The van der Waals surface area contributed by atoms with E-state index in [2.05, 4.69) is 31.3 Å². The molecule has 0 aromatic heterocycles. The zero-order valence-corrected chi connectivity index (χ0v) is 13.0. The van der Waals surface area contributed by atoms with Crippen molar-refractivity contribution in [3.63, 3.8) is 0 Å². The lowest BCUT2D eigenvalue weighted by Gasteiger charge is -2.28. The molecule has 118 valence electrons. The van der Waals surface area contributed by atoms with Gasteiger partial charge in [-0.05, 0) is 43.5 Å². The number of β-amino-alcohol motifs (C(OH)–C–C–N with tert-alkyl or cyclic N) is 1. The van der Waals surface area contributed by atoms with Gasteiger partial charge in [-0.25, -0.2) is 0 Å². The van der Waals surface area contributed by atoms with Gasteiger partial charge in [0, 0.05) is 18.2 Å². The maximum Gasteiger partial charge on any atom is 0.119 e. The van der Waals surface area contributed by atoms with Gasteiger partial charge in [0.2, 0.25) is 0 Å². The highest BCUT2D eigenvalue weighted by molar-refractivity contribution is 5.37. The largest absolute Gasteiger partial charge is 0.508 e. The van der Waals surface area contributed by atoms with E-state index >= 15 is 0 Å². The number of aliphatic hydroxyl groups excluding tert-OH is 1. The number of hydrogen-bond donors (Lipinski definition) is 4. The molecular formula is C18H23NO3. The molecule has 2 aromatic rings. The van der Waals surface area contributed by atoms with E-state index in [1.54, 1.807) is 0 Å². The normalized spacial score (nSPS) is 13.0. The van der Waals surface area contributed by atoms with Gasteiger partial charge in [-0.1, -0.05) is 30.3 Å². The standard InChI is InChI=1S/C18H23NO3/c1-18(2,11-13-6-4-3-5-7-13)19-12-17(22)14-8-15(20)10-16(21)9-14/h3-10,17,19-22H,11-12H2,1-2H3. The third-order valence-corrected chi connectivity index (χ3v) is 3.57. The van der Waals surface area contributed by atoms with Crippen LogP contribution in [0.3, 0.4) is 0 Å². The van der Waals surface area contributed by atoms with Gasteiger partial charge in [-0.15, -0.1) is 0 Å². The summed E-state index contributed by atoms with van der Waals surface area (Å²) in [5.41, 5.74) is 1.53. The van der Waals surface area contributed by atoms with Gasteiger partial charge in [0.15, 0.2) is 0 Å². The van der Waals surface area contributed by atoms with Crippen LogP contribution in [0.5, 0.6) is 11.5 Å². The molecule has 0 aliphatic carbocycles. The van der Waals surface area contributed by atoms with Crippen LogP contribution < -0.4 is 5.32 Å². The van der Waals surface area contributed by atoms with Gasteiger partial charge >= 0.3 is 0 Å². The van der Waals surface area contributed by atoms with Crippen molar-refractivity contribution < 1.29 is 15.3 Å². The first-order valence-electron chi connectivity index (χ1n) is 7.36. The fourth-order valence-electron chi connectivity index (χ4n) is 2.47. The first-order chi connectivity index (χ1) is 10.4. The molecule has 1 unspecified atom stereocenters. The number of benzene rings is 2. The second-order valence-electron chi connectivity index (χ2n) is 6.23. The molecule has 22 heavy (non-hydrogen) atoms. The first-order valence-corrected chi connectivity index (χ1v) is 7.36. The van der Waals surface area contributed by atoms with Crippen molar-refractivity contribution in [3.8, 4) is 11.5 Å². The van der Waals surface area contributed by atoms with Gasteiger partial charge in [0.25, 0.3) is 0 Å². The monoisotopic (exact) mass is 301 g/mol. The third kappa shape index (κ3) is 4.76. The fourth-order valence-corrected chi connectivity index (χ4v) is 2.47. The van der Waals surface area contributed by atoms with E-state index in [-0.39, 0.29) is 17.0 Å². The number of phenols is 2. The number of phenolic OH excluding ortho intramolecular Hbond substituents is 2. The van der Waals surface area contributed by atoms with Crippen molar-refractivity contribution >= 4 is 0 Å². The van der Waals surface area contributed by atoms with E-state index in [1.807, 2.05) is 18.2 Å². The summed E-state index contributed by atoms with van der Waals surface area (Å²) in [6, 6.07) is 14.3. The predicted octanol–water partition coefficient (Wildman–Crippen LogP) is 2.74. The van der Waals surface area contributed by atoms with Crippen molar-refractivity contribution in [1.29, 1.82) is 0 Å². The second kappa shape index (κ2) is 6.81. The summed E-state index contributed by atoms with van der Waals surface area (Å²) in [5.74, 6) is -0.116. The number of nitrogens with one attached hydrogen (secondary N) is 1. The van der Waals surface area contributed by atoms with E-state index in [9.17, 15) is 15.3 Å². The zero-order valence-electron chi connectivity index (χ0n) is 13.0. The Morgan fingerprint density at radius 2 is 1.59 bits per heavy atom. The maximum atomic E-state index is 10.2. The Morgan fingerprint density at radius 1 is 1.00 bits per heavy atom. The van der Waals surface area contributed by atoms with Crippen molar-refractivity contribution in [2.45, 2.75) is 31.9 Å². The van der Waals surface area contributed by atoms with E-state index in [0.29, 0.717) is 12.1 Å². The molecule has 0 saturated carbocycles. The Morgan fingerprint density at radius 3 is 2.18 bits per heavy atom. The van der Waals surface area contributed by atoms with Gasteiger partial charge in [-0.2, -0.15) is 0 Å². The van der Waals surface area contributed by atoms with Crippen LogP contribution >= 0.6 is 0 Å². The predicted molar refractivity (Wildman–Crippen MR) is 87.0 cm³/mol. The molecule has 1 atom stereocenters. The Balaban J connectivity index is 1.96. The molecule has 0 heterocycles. The molecule has 0 aliphatic rings. The highest BCUT2D eigenvalue weighted by Gasteiger charge is 2.20. The molecular weight excluding hydrogens is 278 g/mol. The summed E-state index contributed by atoms with van der Waals surface area (Å²) < 4.78 is 0. The maximum absolute atomic E-state index is 10.2. The van der Waals surface area contributed by atoms with Crippen molar-refractivity contribution in [2.75, 3.05) is 6.54 Å². The minimum Gasteiger partial charge on any atom is -0.508 e. The van der Waals surface area contributed by atoms with Crippen LogP contribution in [0.2, 0.25) is 0 Å². The van der Waals surface area contributed by atoms with E-state index in [0.717, 1.165) is 6.42 Å². The molecule has 0 spiro atoms. The summed E-state index contributed by atoms with van der Waals surface area (Å²) in [4.78, 5) is 0. The molecule has 2 rings (SSSR count). The summed E-state index contributed by atoms with van der Waals surface area (Å²) in [7, 11) is 0. The highest BCUT2D eigenvalue weighted by atomic mass is 16.3.